The molecule has 2 amide bonds. The lowest BCUT2D eigenvalue weighted by atomic mass is 9.88. The normalized spacial score (nSPS) is 20.3. The molecular weight excluding hydrogens is 403 g/mol. The quantitative estimate of drug-likeness (QED) is 0.424. The topological polar surface area (TPSA) is 64.9 Å². The van der Waals surface area contributed by atoms with E-state index in [9.17, 15) is 9.18 Å². The molecule has 1 fully saturated rings. The molecule has 2 aromatic carbocycles. The highest BCUT2D eigenvalue weighted by Crippen LogP contribution is 2.27. The van der Waals surface area contributed by atoms with E-state index in [1.54, 1.807) is 36.4 Å². The van der Waals surface area contributed by atoms with E-state index in [4.69, 9.17) is 5.26 Å². The summed E-state index contributed by atoms with van der Waals surface area (Å²) < 4.78 is 14.3. The molecule has 0 aromatic heterocycles. The van der Waals surface area contributed by atoms with Crippen molar-refractivity contribution in [2.24, 2.45) is 5.92 Å². The molecule has 0 aliphatic carbocycles. The van der Waals surface area contributed by atoms with Crippen LogP contribution in [0.4, 0.5) is 14.9 Å². The van der Waals surface area contributed by atoms with Crippen LogP contribution in [0.25, 0.3) is 0 Å². The lowest BCUT2D eigenvalue weighted by molar-refractivity contribution is -0.933. The van der Waals surface area contributed by atoms with Gasteiger partial charge in [-0.3, -0.25) is 0 Å². The van der Waals surface area contributed by atoms with Gasteiger partial charge in [0.05, 0.1) is 37.8 Å². The number of carbonyl (C=O) groups is 1. The van der Waals surface area contributed by atoms with Crippen LogP contribution in [0.5, 0.6) is 0 Å². The summed E-state index contributed by atoms with van der Waals surface area (Å²) in [6.07, 6.45) is 5.52. The van der Waals surface area contributed by atoms with Gasteiger partial charge in [0.2, 0.25) is 0 Å². The van der Waals surface area contributed by atoms with Gasteiger partial charge in [-0.1, -0.05) is 25.1 Å². The molecule has 170 valence electrons. The third kappa shape index (κ3) is 7.06. The Balaban J connectivity index is 1.41. The van der Waals surface area contributed by atoms with Gasteiger partial charge < -0.3 is 15.1 Å². The summed E-state index contributed by atoms with van der Waals surface area (Å²) in [7, 11) is 0. The van der Waals surface area contributed by atoms with E-state index >= 15 is 0 Å². The minimum Gasteiger partial charge on any atom is -0.338 e. The average molecular weight is 438 g/mol. The summed E-state index contributed by atoms with van der Waals surface area (Å²) in [5, 5.41) is 14.7. The smallest absolute Gasteiger partial charge is 0.319 e. The van der Waals surface area contributed by atoms with E-state index < -0.39 is 0 Å². The van der Waals surface area contributed by atoms with E-state index in [-0.39, 0.29) is 11.8 Å². The van der Waals surface area contributed by atoms with Gasteiger partial charge in [-0.05, 0) is 67.5 Å². The van der Waals surface area contributed by atoms with Crippen LogP contribution in [-0.2, 0) is 6.42 Å². The lowest BCUT2D eigenvalue weighted by Crippen LogP contribution is -2.54. The Kier molecular flexibility index (Phi) is 8.64. The zero-order chi connectivity index (χ0) is 22.8. The fourth-order valence-corrected chi connectivity index (χ4v) is 4.82. The molecule has 0 radical (unpaired) electrons. The molecular formula is C26H34FN4O+. The molecule has 0 saturated carbocycles. The molecule has 1 heterocycles. The number of nitrogens with one attached hydrogen (secondary N) is 2. The van der Waals surface area contributed by atoms with Crippen molar-refractivity contribution in [2.75, 3.05) is 38.0 Å². The Morgan fingerprint density at radius 2 is 1.91 bits per heavy atom. The van der Waals surface area contributed by atoms with Gasteiger partial charge in [0.25, 0.3) is 0 Å². The molecule has 32 heavy (non-hydrogen) atoms. The standard InChI is InChI=1S/C26H33FN4O/c1-2-14-31(16-11-22(12-17-31)18-21-7-9-24(27)10-8-21)15-4-13-29-26(32)30-25-6-3-5-23(19-25)20-28/h3,5-10,19,22H,2,4,11-18H2,1H3,(H-,29,30,32)/p+1. The van der Waals surface area contributed by atoms with Crippen LogP contribution in [0.1, 0.15) is 43.7 Å². The second-order valence-corrected chi connectivity index (χ2v) is 8.94. The van der Waals surface area contributed by atoms with E-state index in [1.165, 1.54) is 38.0 Å². The molecule has 1 aliphatic heterocycles. The maximum atomic E-state index is 13.1. The fraction of sp³-hybridized carbons (Fsp3) is 0.462. The van der Waals surface area contributed by atoms with E-state index in [1.807, 2.05) is 12.1 Å². The van der Waals surface area contributed by atoms with Crippen molar-refractivity contribution in [2.45, 2.75) is 39.0 Å². The second kappa shape index (κ2) is 11.6. The van der Waals surface area contributed by atoms with Gasteiger partial charge in [-0.15, -0.1) is 0 Å². The van der Waals surface area contributed by atoms with Crippen LogP contribution in [-0.4, -0.2) is 43.2 Å². The molecule has 2 aromatic rings. The van der Waals surface area contributed by atoms with Crippen molar-refractivity contribution in [3.63, 3.8) is 0 Å². The second-order valence-electron chi connectivity index (χ2n) is 8.94. The number of urea groups is 1. The van der Waals surface area contributed by atoms with Gasteiger partial charge in [0.1, 0.15) is 5.82 Å². The zero-order valence-corrected chi connectivity index (χ0v) is 18.9. The number of carbonyl (C=O) groups excluding carboxylic acids is 1. The number of nitriles is 1. The SMILES string of the molecule is CCC[N+]1(CCCNC(=O)Nc2cccc(C#N)c2)CCC(Cc2ccc(F)cc2)CC1. The molecule has 6 heteroatoms. The number of amides is 2. The maximum absolute atomic E-state index is 13.1. The van der Waals surface area contributed by atoms with Gasteiger partial charge in [-0.2, -0.15) is 5.26 Å². The predicted molar refractivity (Wildman–Crippen MR) is 126 cm³/mol. The minimum absolute atomic E-state index is 0.172. The number of piperidine rings is 1. The summed E-state index contributed by atoms with van der Waals surface area (Å²) in [4.78, 5) is 12.2. The zero-order valence-electron chi connectivity index (χ0n) is 18.9. The van der Waals surface area contributed by atoms with Crippen molar-refractivity contribution < 1.29 is 13.7 Å². The number of quaternary nitrogens is 1. The Morgan fingerprint density at radius 1 is 1.16 bits per heavy atom. The first-order valence-corrected chi connectivity index (χ1v) is 11.7. The maximum Gasteiger partial charge on any atom is 0.319 e. The number of halogens is 1. The predicted octanol–water partition coefficient (Wildman–Crippen LogP) is 5.09. The summed E-state index contributed by atoms with van der Waals surface area (Å²) in [6, 6.07) is 15.7. The van der Waals surface area contributed by atoms with Crippen molar-refractivity contribution in [1.82, 2.24) is 5.32 Å². The molecule has 2 N–H and O–H groups in total. The monoisotopic (exact) mass is 437 g/mol. The van der Waals surface area contributed by atoms with Gasteiger partial charge >= 0.3 is 6.03 Å². The Labute approximate surface area is 190 Å². The summed E-state index contributed by atoms with van der Waals surface area (Å²) in [5.74, 6) is 0.491. The highest BCUT2D eigenvalue weighted by atomic mass is 19.1. The lowest BCUT2D eigenvalue weighted by Gasteiger charge is -2.44. The molecule has 3 rings (SSSR count). The average Bonchev–Trinajstić information content (AvgIpc) is 2.80. The molecule has 0 bridgehead atoms. The minimum atomic E-state index is -0.236. The van der Waals surface area contributed by atoms with E-state index in [0.29, 0.717) is 23.7 Å². The third-order valence-electron chi connectivity index (χ3n) is 6.50. The van der Waals surface area contributed by atoms with Gasteiger partial charge in [-0.25, -0.2) is 9.18 Å². The summed E-state index contributed by atoms with van der Waals surface area (Å²) >= 11 is 0. The summed E-state index contributed by atoms with van der Waals surface area (Å²) in [6.45, 7) is 7.47. The van der Waals surface area contributed by atoms with Crippen LogP contribution in [0.3, 0.4) is 0 Å². The molecule has 0 spiro atoms. The third-order valence-corrected chi connectivity index (χ3v) is 6.50. The number of anilines is 1. The first-order chi connectivity index (χ1) is 15.5. The first kappa shape index (κ1) is 23.7. The fourth-order valence-electron chi connectivity index (χ4n) is 4.82. The highest BCUT2D eigenvalue weighted by molar-refractivity contribution is 5.89. The van der Waals surface area contributed by atoms with Crippen molar-refractivity contribution in [3.05, 3.63) is 65.5 Å². The van der Waals surface area contributed by atoms with E-state index in [0.717, 1.165) is 30.3 Å². The van der Waals surface area contributed by atoms with Crippen LogP contribution in [0.2, 0.25) is 0 Å². The van der Waals surface area contributed by atoms with Gasteiger partial charge in [0.15, 0.2) is 0 Å². The van der Waals surface area contributed by atoms with Crippen molar-refractivity contribution in [3.8, 4) is 6.07 Å². The molecule has 5 nitrogen and oxygen atoms in total. The van der Waals surface area contributed by atoms with Crippen LogP contribution in [0.15, 0.2) is 48.5 Å². The number of likely N-dealkylation sites (tertiary alicyclic amines) is 1. The Bertz CT molecular complexity index is 914. The van der Waals surface area contributed by atoms with E-state index in [2.05, 4.69) is 23.6 Å². The molecule has 0 unspecified atom stereocenters. The number of hydrogen-bond acceptors (Lipinski definition) is 2. The molecule has 1 saturated heterocycles. The first-order valence-electron chi connectivity index (χ1n) is 11.7. The van der Waals surface area contributed by atoms with Gasteiger partial charge in [0, 0.05) is 18.7 Å². The van der Waals surface area contributed by atoms with Crippen LogP contribution < -0.4 is 10.6 Å². The number of nitrogens with zero attached hydrogens (tertiary/aromatic N) is 2. The Hall–Kier alpha value is -2.91. The molecule has 0 atom stereocenters. The Morgan fingerprint density at radius 3 is 2.59 bits per heavy atom. The number of rotatable bonds is 9. The van der Waals surface area contributed by atoms with Crippen molar-refractivity contribution >= 4 is 11.7 Å². The largest absolute Gasteiger partial charge is 0.338 e. The summed E-state index contributed by atoms with van der Waals surface area (Å²) in [5.41, 5.74) is 2.37. The molecule has 1 aliphatic rings. The van der Waals surface area contributed by atoms with Crippen LogP contribution >= 0.6 is 0 Å². The number of benzene rings is 2. The highest BCUT2D eigenvalue weighted by Gasteiger charge is 2.32. The van der Waals surface area contributed by atoms with Crippen molar-refractivity contribution in [1.29, 1.82) is 5.26 Å². The number of hydrogen-bond donors (Lipinski definition) is 2. The van der Waals surface area contributed by atoms with Crippen LogP contribution in [0, 0.1) is 23.1 Å².